The van der Waals surface area contributed by atoms with Crippen molar-refractivity contribution in [3.63, 3.8) is 0 Å². The second-order valence-electron chi connectivity index (χ2n) is 9.49. The van der Waals surface area contributed by atoms with Crippen LogP contribution in [-0.4, -0.2) is 4.20 Å². The highest BCUT2D eigenvalue weighted by atomic mass is 32.1. The third-order valence-corrected chi connectivity index (χ3v) is 7.64. The van der Waals surface area contributed by atoms with Gasteiger partial charge >= 0.3 is 0 Å². The third kappa shape index (κ3) is 16.8. The average Bonchev–Trinajstić information content (AvgIpc) is 2.71. The van der Waals surface area contributed by atoms with Crippen LogP contribution in [0.1, 0.15) is 162 Å². The van der Waals surface area contributed by atoms with Crippen LogP contribution in [0.15, 0.2) is 0 Å². The lowest BCUT2D eigenvalue weighted by atomic mass is 9.75. The minimum absolute atomic E-state index is 0.234. The molecule has 29 heavy (non-hydrogen) atoms. The summed E-state index contributed by atoms with van der Waals surface area (Å²) in [7, 11) is 0. The molecular formula is C27H54S2. The summed E-state index contributed by atoms with van der Waals surface area (Å²) in [5.74, 6) is 0. The summed E-state index contributed by atoms with van der Waals surface area (Å²) in [4.78, 5) is 0. The van der Waals surface area contributed by atoms with Gasteiger partial charge in [-0.05, 0) is 19.3 Å². The molecule has 0 aromatic rings. The van der Waals surface area contributed by atoms with Crippen LogP contribution >= 0.6 is 24.8 Å². The lowest BCUT2D eigenvalue weighted by molar-refractivity contribution is 0.299. The molecule has 0 atom stereocenters. The number of thiocarbonyl (C=S) groups is 1. The molecule has 0 aromatic carbocycles. The van der Waals surface area contributed by atoms with Crippen molar-refractivity contribution in [3.8, 4) is 0 Å². The zero-order valence-electron chi connectivity index (χ0n) is 20.4. The summed E-state index contributed by atoms with van der Waals surface area (Å²) in [6, 6.07) is 0. The molecule has 0 aromatic heterocycles. The van der Waals surface area contributed by atoms with E-state index in [1.54, 1.807) is 0 Å². The van der Waals surface area contributed by atoms with E-state index in [1.807, 2.05) is 0 Å². The van der Waals surface area contributed by atoms with Crippen molar-refractivity contribution in [1.82, 2.24) is 0 Å². The van der Waals surface area contributed by atoms with Crippen molar-refractivity contribution in [2.24, 2.45) is 5.41 Å². The first kappa shape index (κ1) is 29.4. The molecule has 0 aliphatic rings. The van der Waals surface area contributed by atoms with Crippen molar-refractivity contribution < 1.29 is 0 Å². The second-order valence-corrected chi connectivity index (χ2v) is 10.7. The fraction of sp³-hybridized carbons (Fsp3) is 0.963. The summed E-state index contributed by atoms with van der Waals surface area (Å²) in [5.41, 5.74) is 0.234. The van der Waals surface area contributed by atoms with E-state index in [1.165, 1.54) is 141 Å². The monoisotopic (exact) mass is 442 g/mol. The molecular weight excluding hydrogens is 388 g/mol. The number of thiol groups is 1. The zero-order valence-corrected chi connectivity index (χ0v) is 22.1. The van der Waals surface area contributed by atoms with E-state index in [0.717, 1.165) is 4.20 Å². The highest BCUT2D eigenvalue weighted by molar-refractivity contribution is 8.11. The Hall–Kier alpha value is 0.440. The zero-order chi connectivity index (χ0) is 21.6. The molecule has 0 bridgehead atoms. The molecule has 0 unspecified atom stereocenters. The fourth-order valence-corrected chi connectivity index (χ4v) is 5.25. The van der Waals surface area contributed by atoms with Crippen LogP contribution in [0.3, 0.4) is 0 Å². The minimum Gasteiger partial charge on any atom is -0.136 e. The molecule has 0 nitrogen and oxygen atoms in total. The molecule has 0 saturated heterocycles. The molecule has 0 radical (unpaired) electrons. The van der Waals surface area contributed by atoms with Crippen LogP contribution < -0.4 is 0 Å². The quantitative estimate of drug-likeness (QED) is 0.0932. The van der Waals surface area contributed by atoms with Gasteiger partial charge in [-0.3, -0.25) is 0 Å². The molecule has 0 rings (SSSR count). The molecule has 0 heterocycles. The summed E-state index contributed by atoms with van der Waals surface area (Å²) < 4.78 is 1.02. The summed E-state index contributed by atoms with van der Waals surface area (Å²) in [6.45, 7) is 6.90. The lowest BCUT2D eigenvalue weighted by Gasteiger charge is -2.33. The molecule has 0 N–H and O–H groups in total. The van der Waals surface area contributed by atoms with Crippen LogP contribution in [0.2, 0.25) is 0 Å². The van der Waals surface area contributed by atoms with Gasteiger partial charge in [-0.2, -0.15) is 0 Å². The van der Waals surface area contributed by atoms with Gasteiger partial charge in [0.15, 0.2) is 0 Å². The maximum Gasteiger partial charge on any atom is 0.0509 e. The molecule has 0 saturated carbocycles. The fourth-order valence-electron chi connectivity index (χ4n) is 4.60. The van der Waals surface area contributed by atoms with E-state index >= 15 is 0 Å². The first-order valence-electron chi connectivity index (χ1n) is 13.4. The molecule has 0 spiro atoms. The lowest BCUT2D eigenvalue weighted by Crippen LogP contribution is -2.27. The van der Waals surface area contributed by atoms with Gasteiger partial charge in [0.2, 0.25) is 0 Å². The van der Waals surface area contributed by atoms with E-state index in [9.17, 15) is 0 Å². The topological polar surface area (TPSA) is 0 Å². The molecule has 174 valence electrons. The van der Waals surface area contributed by atoms with Crippen molar-refractivity contribution in [3.05, 3.63) is 0 Å². The number of hydrogen-bond acceptors (Lipinski definition) is 1. The summed E-state index contributed by atoms with van der Waals surface area (Å²) in [5, 5.41) is 0. The van der Waals surface area contributed by atoms with E-state index < -0.39 is 0 Å². The minimum atomic E-state index is 0.234. The van der Waals surface area contributed by atoms with Gasteiger partial charge in [0.05, 0.1) is 4.20 Å². The number of hydrogen-bond donors (Lipinski definition) is 1. The van der Waals surface area contributed by atoms with Crippen molar-refractivity contribution in [2.45, 2.75) is 162 Å². The number of rotatable bonds is 23. The van der Waals surface area contributed by atoms with Crippen LogP contribution in [0, 0.1) is 5.41 Å². The Morgan fingerprint density at radius 3 is 0.966 bits per heavy atom. The summed E-state index contributed by atoms with van der Waals surface area (Å²) >= 11 is 10.6. The first-order chi connectivity index (χ1) is 14.1. The maximum absolute atomic E-state index is 5.77. The smallest absolute Gasteiger partial charge is 0.0509 e. The Morgan fingerprint density at radius 2 is 0.724 bits per heavy atom. The van der Waals surface area contributed by atoms with Crippen LogP contribution in [0.4, 0.5) is 0 Å². The standard InChI is InChI=1S/C27H54S2/c1-4-7-10-13-16-19-22-25-27(26(28)29,23-20-17-14-11-8-5-2)24-21-18-15-12-9-6-3/h4-25H2,1-3H3,(H,28,29). The third-order valence-electron chi connectivity index (χ3n) is 6.73. The van der Waals surface area contributed by atoms with Gasteiger partial charge in [-0.25, -0.2) is 0 Å². The largest absolute Gasteiger partial charge is 0.136 e. The van der Waals surface area contributed by atoms with E-state index in [4.69, 9.17) is 24.8 Å². The Balaban J connectivity index is 4.46. The molecule has 0 aliphatic heterocycles. The Morgan fingerprint density at radius 1 is 0.483 bits per heavy atom. The van der Waals surface area contributed by atoms with E-state index in [-0.39, 0.29) is 5.41 Å². The van der Waals surface area contributed by atoms with Crippen molar-refractivity contribution in [2.75, 3.05) is 0 Å². The van der Waals surface area contributed by atoms with Crippen LogP contribution in [-0.2, 0) is 0 Å². The normalized spacial score (nSPS) is 11.9. The molecule has 0 fully saturated rings. The molecule has 0 amide bonds. The Kier molecular flexibility index (Phi) is 22.0. The van der Waals surface area contributed by atoms with Crippen molar-refractivity contribution in [1.29, 1.82) is 0 Å². The van der Waals surface area contributed by atoms with Crippen LogP contribution in [0.5, 0.6) is 0 Å². The second kappa shape index (κ2) is 21.7. The van der Waals surface area contributed by atoms with Crippen LogP contribution in [0.25, 0.3) is 0 Å². The van der Waals surface area contributed by atoms with Gasteiger partial charge in [-0.1, -0.05) is 155 Å². The highest BCUT2D eigenvalue weighted by Crippen LogP contribution is 2.40. The van der Waals surface area contributed by atoms with Gasteiger partial charge in [0.1, 0.15) is 0 Å². The molecule has 0 aliphatic carbocycles. The van der Waals surface area contributed by atoms with Gasteiger partial charge in [0, 0.05) is 5.41 Å². The van der Waals surface area contributed by atoms with Crippen molar-refractivity contribution >= 4 is 29.0 Å². The highest BCUT2D eigenvalue weighted by Gasteiger charge is 2.31. The predicted octanol–water partition coefficient (Wildman–Crippen LogP) is 10.9. The maximum atomic E-state index is 5.77. The van der Waals surface area contributed by atoms with E-state index in [2.05, 4.69) is 20.8 Å². The Bertz CT molecular complexity index is 334. The van der Waals surface area contributed by atoms with Gasteiger partial charge in [-0.15, -0.1) is 12.6 Å². The van der Waals surface area contributed by atoms with E-state index in [0.29, 0.717) is 0 Å². The van der Waals surface area contributed by atoms with Gasteiger partial charge in [0.25, 0.3) is 0 Å². The molecule has 2 heteroatoms. The summed E-state index contributed by atoms with van der Waals surface area (Å²) in [6.07, 6.45) is 30.1. The number of unbranched alkanes of at least 4 members (excludes halogenated alkanes) is 16. The predicted molar refractivity (Wildman–Crippen MR) is 143 cm³/mol. The van der Waals surface area contributed by atoms with Gasteiger partial charge < -0.3 is 0 Å². The average molecular weight is 443 g/mol. The SMILES string of the molecule is CCCCCCCCCC(CCCCCCCC)(CCCCCCCC)C(=S)S. The first-order valence-corrected chi connectivity index (χ1v) is 14.2. The Labute approximate surface area is 196 Å².